The van der Waals surface area contributed by atoms with E-state index in [0.717, 1.165) is 5.56 Å². The van der Waals surface area contributed by atoms with Crippen LogP contribution in [0.5, 0.6) is 5.75 Å². The molecule has 8 heteroatoms. The normalized spacial score (nSPS) is 13.2. The van der Waals surface area contributed by atoms with Crippen LogP contribution in [0.4, 0.5) is 5.69 Å². The van der Waals surface area contributed by atoms with E-state index in [1.54, 1.807) is 11.6 Å². The van der Waals surface area contributed by atoms with Crippen molar-refractivity contribution >= 4 is 17.3 Å². The van der Waals surface area contributed by atoms with Crippen LogP contribution in [0.1, 0.15) is 39.0 Å². The number of ether oxygens (including phenoxy) is 2. The molecule has 0 amide bonds. The summed E-state index contributed by atoms with van der Waals surface area (Å²) in [5.41, 5.74) is 2.08. The Bertz CT molecular complexity index is 969. The van der Waals surface area contributed by atoms with Gasteiger partial charge in [-0.3, -0.25) is 19.7 Å². The third kappa shape index (κ3) is 3.10. The summed E-state index contributed by atoms with van der Waals surface area (Å²) in [6.45, 7) is 2.01. The second kappa shape index (κ2) is 7.06. The van der Waals surface area contributed by atoms with E-state index in [0.29, 0.717) is 29.1 Å². The van der Waals surface area contributed by atoms with Crippen LogP contribution in [0.3, 0.4) is 0 Å². The molecule has 2 aromatic rings. The van der Waals surface area contributed by atoms with Crippen molar-refractivity contribution in [2.45, 2.75) is 20.0 Å². The number of hydrogen-bond acceptors (Lipinski definition) is 6. The number of benzene rings is 1. The van der Waals surface area contributed by atoms with E-state index in [-0.39, 0.29) is 29.6 Å². The first-order chi connectivity index (χ1) is 12.9. The van der Waals surface area contributed by atoms with E-state index in [9.17, 15) is 19.7 Å². The molecule has 0 unspecified atom stereocenters. The number of allylic oxidation sites excluding steroid dienone is 2. The largest absolute Gasteiger partial charge is 0.492 e. The maximum atomic E-state index is 12.7. The fourth-order valence-electron chi connectivity index (χ4n) is 3.23. The Hall–Kier alpha value is -3.42. The Balaban J connectivity index is 1.93. The molecule has 1 aliphatic carbocycles. The van der Waals surface area contributed by atoms with Gasteiger partial charge >= 0.3 is 0 Å². The molecular formula is C19H18N2O6. The topological polar surface area (TPSA) is 101 Å². The highest BCUT2D eigenvalue weighted by Gasteiger charge is 2.34. The maximum Gasteiger partial charge on any atom is 0.269 e. The van der Waals surface area contributed by atoms with Gasteiger partial charge in [-0.05, 0) is 24.1 Å². The van der Waals surface area contributed by atoms with E-state index < -0.39 is 4.92 Å². The fraction of sp³-hybridized carbons (Fsp3) is 0.263. The zero-order chi connectivity index (χ0) is 19.7. The number of hydrogen-bond donors (Lipinski definition) is 0. The highest BCUT2D eigenvalue weighted by Crippen LogP contribution is 2.31. The summed E-state index contributed by atoms with van der Waals surface area (Å²) in [4.78, 5) is 35.3. The number of nitro groups is 1. The number of nitro benzene ring substituents is 1. The molecule has 8 nitrogen and oxygen atoms in total. The summed E-state index contributed by atoms with van der Waals surface area (Å²) in [6, 6.07) is 5.73. The summed E-state index contributed by atoms with van der Waals surface area (Å²) < 4.78 is 12.4. The molecule has 1 aliphatic rings. The number of carbonyl (C=O) groups excluding carboxylic acids is 2. The van der Waals surface area contributed by atoms with E-state index >= 15 is 0 Å². The number of nitrogens with zero attached hydrogens (tertiary/aromatic N) is 2. The van der Waals surface area contributed by atoms with Gasteiger partial charge in [0.05, 0.1) is 23.3 Å². The third-order valence-corrected chi connectivity index (χ3v) is 4.57. The Labute approximate surface area is 155 Å². The summed E-state index contributed by atoms with van der Waals surface area (Å²) >= 11 is 0. The number of methoxy groups -OCH3 is 1. The van der Waals surface area contributed by atoms with Crippen LogP contribution in [0, 0.1) is 10.1 Å². The van der Waals surface area contributed by atoms with Gasteiger partial charge in [-0.2, -0.15) is 0 Å². The first-order valence-corrected chi connectivity index (χ1v) is 8.31. The molecule has 1 aromatic heterocycles. The molecule has 0 bridgehead atoms. The van der Waals surface area contributed by atoms with Gasteiger partial charge < -0.3 is 14.0 Å². The number of Topliss-reactive ketones (excluding diaryl/α,β-unsaturated/α-hetero) is 1. The molecular weight excluding hydrogens is 352 g/mol. The average molecular weight is 370 g/mol. The standard InChI is InChI=1S/C19H18N2O6/c1-4-13-14(10-27-12-7-5-11(6-8-12)21(24)25)20(2)18-15(22)9-16(26-3)19(23)17(13)18/h5-9H,4,10H2,1-3H3. The van der Waals surface area contributed by atoms with Crippen LogP contribution < -0.4 is 4.74 Å². The van der Waals surface area contributed by atoms with E-state index in [1.807, 2.05) is 6.92 Å². The zero-order valence-electron chi connectivity index (χ0n) is 15.1. The molecule has 0 N–H and O–H groups in total. The highest BCUT2D eigenvalue weighted by molar-refractivity contribution is 6.24. The van der Waals surface area contributed by atoms with Gasteiger partial charge in [0.1, 0.15) is 18.1 Å². The van der Waals surface area contributed by atoms with Gasteiger partial charge in [-0.25, -0.2) is 0 Å². The Morgan fingerprint density at radius 3 is 2.41 bits per heavy atom. The monoisotopic (exact) mass is 370 g/mol. The van der Waals surface area contributed by atoms with E-state index in [2.05, 4.69) is 0 Å². The highest BCUT2D eigenvalue weighted by atomic mass is 16.6. The lowest BCUT2D eigenvalue weighted by Gasteiger charge is -2.12. The van der Waals surface area contributed by atoms with Crippen LogP contribution in [0.2, 0.25) is 0 Å². The van der Waals surface area contributed by atoms with Crippen molar-refractivity contribution in [1.29, 1.82) is 0 Å². The molecule has 0 saturated heterocycles. The molecule has 0 fully saturated rings. The van der Waals surface area contributed by atoms with Crippen LogP contribution in [-0.4, -0.2) is 28.2 Å². The molecule has 0 radical (unpaired) electrons. The van der Waals surface area contributed by atoms with Crippen LogP contribution >= 0.6 is 0 Å². The van der Waals surface area contributed by atoms with Crippen LogP contribution in [0.25, 0.3) is 0 Å². The molecule has 0 spiro atoms. The van der Waals surface area contributed by atoms with Gasteiger partial charge in [0.2, 0.25) is 11.6 Å². The summed E-state index contributed by atoms with van der Waals surface area (Å²) in [6.07, 6.45) is 1.74. The quantitative estimate of drug-likeness (QED) is 0.572. The first-order valence-electron chi connectivity index (χ1n) is 8.31. The summed E-state index contributed by atoms with van der Waals surface area (Å²) in [5.74, 6) is -0.132. The number of carbonyl (C=O) groups is 2. The molecule has 0 aliphatic heterocycles. The molecule has 140 valence electrons. The fourth-order valence-corrected chi connectivity index (χ4v) is 3.23. The Kier molecular flexibility index (Phi) is 4.81. The van der Waals surface area contributed by atoms with Crippen LogP contribution in [0.15, 0.2) is 36.1 Å². The van der Waals surface area contributed by atoms with Gasteiger partial charge in [0.15, 0.2) is 5.76 Å². The van der Waals surface area contributed by atoms with E-state index in [1.165, 1.54) is 37.5 Å². The van der Waals surface area contributed by atoms with Crippen molar-refractivity contribution in [3.05, 3.63) is 68.7 Å². The summed E-state index contributed by atoms with van der Waals surface area (Å²) in [7, 11) is 3.07. The van der Waals surface area contributed by atoms with Crippen molar-refractivity contribution in [3.8, 4) is 5.75 Å². The van der Waals surface area contributed by atoms with Crippen LogP contribution in [-0.2, 0) is 24.8 Å². The van der Waals surface area contributed by atoms with E-state index in [4.69, 9.17) is 9.47 Å². The Morgan fingerprint density at radius 2 is 1.85 bits per heavy atom. The molecule has 27 heavy (non-hydrogen) atoms. The van der Waals surface area contributed by atoms with Crippen molar-refractivity contribution in [3.63, 3.8) is 0 Å². The van der Waals surface area contributed by atoms with Crippen molar-refractivity contribution < 1.29 is 24.0 Å². The predicted octanol–water partition coefficient (Wildman–Crippen LogP) is 2.98. The third-order valence-electron chi connectivity index (χ3n) is 4.57. The molecule has 3 rings (SSSR count). The molecule has 0 saturated carbocycles. The molecule has 1 heterocycles. The van der Waals surface area contributed by atoms with Gasteiger partial charge in [-0.15, -0.1) is 0 Å². The minimum Gasteiger partial charge on any atom is -0.492 e. The zero-order valence-corrected chi connectivity index (χ0v) is 15.1. The van der Waals surface area contributed by atoms with Crippen molar-refractivity contribution in [2.24, 2.45) is 7.05 Å². The molecule has 0 atom stereocenters. The second-order valence-corrected chi connectivity index (χ2v) is 6.01. The number of aromatic nitrogens is 1. The van der Waals surface area contributed by atoms with Crippen molar-refractivity contribution in [1.82, 2.24) is 4.57 Å². The SMILES string of the molecule is CCc1c2c(n(C)c1COc1ccc([N+](=O)[O-])cc1)C(=O)C=C(OC)C2=O. The maximum absolute atomic E-state index is 12.7. The Morgan fingerprint density at radius 1 is 1.19 bits per heavy atom. The van der Waals surface area contributed by atoms with Gasteiger partial charge in [-0.1, -0.05) is 6.92 Å². The first kappa shape index (κ1) is 18.4. The number of rotatable bonds is 6. The lowest BCUT2D eigenvalue weighted by atomic mass is 9.95. The minimum absolute atomic E-state index is 0.0237. The smallest absolute Gasteiger partial charge is 0.269 e. The lowest BCUT2D eigenvalue weighted by Crippen LogP contribution is -2.20. The summed E-state index contributed by atoms with van der Waals surface area (Å²) in [5, 5.41) is 10.7. The van der Waals surface area contributed by atoms with Gasteiger partial charge in [0, 0.05) is 25.3 Å². The van der Waals surface area contributed by atoms with Crippen molar-refractivity contribution in [2.75, 3.05) is 7.11 Å². The van der Waals surface area contributed by atoms with Gasteiger partial charge in [0.25, 0.3) is 5.69 Å². The average Bonchev–Trinajstić information content (AvgIpc) is 2.95. The lowest BCUT2D eigenvalue weighted by molar-refractivity contribution is -0.384. The number of ketones is 2. The minimum atomic E-state index is -0.484. The predicted molar refractivity (Wildman–Crippen MR) is 96.0 cm³/mol. The number of non-ortho nitro benzene ring substituents is 1. The second-order valence-electron chi connectivity index (χ2n) is 6.01. The number of fused-ring (bicyclic) bond motifs is 1. The molecule has 1 aromatic carbocycles.